The average molecular weight is 336 g/mol. The zero-order valence-corrected chi connectivity index (χ0v) is 14.0. The second-order valence-electron chi connectivity index (χ2n) is 6.31. The molecule has 0 radical (unpaired) electrons. The van der Waals surface area contributed by atoms with Crippen LogP contribution in [0.15, 0.2) is 89.3 Å². The second kappa shape index (κ2) is 5.74. The minimum atomic E-state index is 0.495. The molecule has 0 fully saturated rings. The monoisotopic (exact) mass is 336 g/mol. The molecule has 5 aromatic rings. The van der Waals surface area contributed by atoms with Crippen molar-refractivity contribution in [2.45, 2.75) is 0 Å². The van der Waals surface area contributed by atoms with Gasteiger partial charge >= 0.3 is 0 Å². The van der Waals surface area contributed by atoms with Crippen molar-refractivity contribution in [3.05, 3.63) is 84.9 Å². The van der Waals surface area contributed by atoms with E-state index in [1.54, 1.807) is 0 Å². The molecular weight excluding hydrogens is 320 g/mol. The fourth-order valence-electron chi connectivity index (χ4n) is 3.44. The molecule has 124 valence electrons. The summed E-state index contributed by atoms with van der Waals surface area (Å²) in [4.78, 5) is 4.57. The maximum Gasteiger partial charge on any atom is 0.144 e. The lowest BCUT2D eigenvalue weighted by molar-refractivity contribution is 0.670. The Morgan fingerprint density at radius 1 is 0.692 bits per heavy atom. The molecule has 3 aromatic carbocycles. The first-order chi connectivity index (χ1) is 12.8. The van der Waals surface area contributed by atoms with Crippen LogP contribution in [0.5, 0.6) is 0 Å². The van der Waals surface area contributed by atoms with Crippen molar-refractivity contribution in [3.63, 3.8) is 0 Å². The van der Waals surface area contributed by atoms with Crippen LogP contribution in [0.25, 0.3) is 44.3 Å². The summed E-state index contributed by atoms with van der Waals surface area (Å²) in [7, 11) is 0. The van der Waals surface area contributed by atoms with Crippen LogP contribution in [0.1, 0.15) is 0 Å². The highest BCUT2D eigenvalue weighted by atomic mass is 16.3. The van der Waals surface area contributed by atoms with E-state index in [1.165, 1.54) is 0 Å². The second-order valence-corrected chi connectivity index (χ2v) is 6.31. The third kappa shape index (κ3) is 2.33. The van der Waals surface area contributed by atoms with Gasteiger partial charge in [0, 0.05) is 16.3 Å². The molecule has 0 saturated heterocycles. The van der Waals surface area contributed by atoms with Crippen molar-refractivity contribution in [2.24, 2.45) is 0 Å². The van der Waals surface area contributed by atoms with E-state index in [0.717, 1.165) is 44.3 Å². The van der Waals surface area contributed by atoms with Crippen molar-refractivity contribution < 1.29 is 4.42 Å². The number of nitrogens with zero attached hydrogens (tertiary/aromatic N) is 1. The van der Waals surface area contributed by atoms with Crippen LogP contribution in [0.4, 0.5) is 5.82 Å². The Morgan fingerprint density at radius 3 is 2.35 bits per heavy atom. The van der Waals surface area contributed by atoms with Crippen molar-refractivity contribution in [1.29, 1.82) is 0 Å². The van der Waals surface area contributed by atoms with Gasteiger partial charge in [-0.3, -0.25) is 0 Å². The number of aromatic nitrogens is 1. The lowest BCUT2D eigenvalue weighted by atomic mass is 10.0. The predicted molar refractivity (Wildman–Crippen MR) is 107 cm³/mol. The number of rotatable bonds is 2. The van der Waals surface area contributed by atoms with E-state index in [2.05, 4.69) is 35.3 Å². The summed E-state index contributed by atoms with van der Waals surface area (Å²) in [6.07, 6.45) is 0. The molecule has 0 spiro atoms. The summed E-state index contributed by atoms with van der Waals surface area (Å²) in [6.45, 7) is 0. The Labute approximate surface area is 150 Å². The van der Waals surface area contributed by atoms with Gasteiger partial charge < -0.3 is 10.2 Å². The maximum atomic E-state index is 6.14. The molecule has 0 bridgehead atoms. The molecule has 0 aliphatic heterocycles. The normalized spacial score (nSPS) is 11.2. The Bertz CT molecular complexity index is 1240. The number of nitrogen functional groups attached to an aromatic ring is 1. The van der Waals surface area contributed by atoms with Crippen LogP contribution in [0, 0.1) is 0 Å². The van der Waals surface area contributed by atoms with E-state index >= 15 is 0 Å². The zero-order chi connectivity index (χ0) is 17.5. The lowest BCUT2D eigenvalue weighted by Crippen LogP contribution is -1.94. The fourth-order valence-corrected chi connectivity index (χ4v) is 3.44. The number of pyridine rings is 1. The van der Waals surface area contributed by atoms with Gasteiger partial charge in [-0.15, -0.1) is 0 Å². The van der Waals surface area contributed by atoms with Crippen LogP contribution >= 0.6 is 0 Å². The zero-order valence-electron chi connectivity index (χ0n) is 14.0. The number of anilines is 1. The molecule has 3 heteroatoms. The SMILES string of the molecule is Nc1cc(-c2ccccc2)cc(-c2cccc3c2oc2ccccc23)n1. The van der Waals surface area contributed by atoms with Gasteiger partial charge in [0.2, 0.25) is 0 Å². The molecule has 3 nitrogen and oxygen atoms in total. The van der Waals surface area contributed by atoms with Crippen molar-refractivity contribution in [1.82, 2.24) is 4.98 Å². The molecule has 2 N–H and O–H groups in total. The highest BCUT2D eigenvalue weighted by molar-refractivity contribution is 6.09. The quantitative estimate of drug-likeness (QED) is 0.437. The smallest absolute Gasteiger partial charge is 0.144 e. The molecule has 0 atom stereocenters. The average Bonchev–Trinajstić information content (AvgIpc) is 3.07. The lowest BCUT2D eigenvalue weighted by Gasteiger charge is -2.08. The van der Waals surface area contributed by atoms with E-state index in [4.69, 9.17) is 10.2 Å². The van der Waals surface area contributed by atoms with Crippen LogP contribution in [0.2, 0.25) is 0 Å². The van der Waals surface area contributed by atoms with Crippen LogP contribution in [-0.2, 0) is 0 Å². The number of furan rings is 1. The highest BCUT2D eigenvalue weighted by Crippen LogP contribution is 2.36. The third-order valence-corrected chi connectivity index (χ3v) is 4.63. The minimum absolute atomic E-state index is 0.495. The summed E-state index contributed by atoms with van der Waals surface area (Å²) >= 11 is 0. The maximum absolute atomic E-state index is 6.14. The number of benzene rings is 3. The summed E-state index contributed by atoms with van der Waals surface area (Å²) in [5.41, 5.74) is 11.7. The molecular formula is C23H16N2O. The number of para-hydroxylation sites is 2. The first-order valence-electron chi connectivity index (χ1n) is 8.53. The standard InChI is InChI=1S/C23H16N2O/c24-22-14-16(15-7-2-1-3-8-15)13-20(25-22)19-11-6-10-18-17-9-4-5-12-21(17)26-23(18)19/h1-14H,(H2,24,25). The Kier molecular flexibility index (Phi) is 3.25. The van der Waals surface area contributed by atoms with Gasteiger partial charge in [-0.25, -0.2) is 4.98 Å². The van der Waals surface area contributed by atoms with Crippen LogP contribution in [-0.4, -0.2) is 4.98 Å². The Hall–Kier alpha value is -3.59. The van der Waals surface area contributed by atoms with Crippen molar-refractivity contribution >= 4 is 27.8 Å². The Balaban J connectivity index is 1.77. The molecule has 2 heterocycles. The van der Waals surface area contributed by atoms with Gasteiger partial charge in [0.25, 0.3) is 0 Å². The predicted octanol–water partition coefficient (Wildman–Crippen LogP) is 5.90. The summed E-state index contributed by atoms with van der Waals surface area (Å²) in [5.74, 6) is 0.495. The third-order valence-electron chi connectivity index (χ3n) is 4.63. The van der Waals surface area contributed by atoms with Gasteiger partial charge in [-0.2, -0.15) is 0 Å². The van der Waals surface area contributed by atoms with Crippen LogP contribution in [0.3, 0.4) is 0 Å². The summed E-state index contributed by atoms with van der Waals surface area (Å²) < 4.78 is 6.14. The van der Waals surface area contributed by atoms with E-state index in [9.17, 15) is 0 Å². The first-order valence-corrected chi connectivity index (χ1v) is 8.53. The van der Waals surface area contributed by atoms with Crippen LogP contribution < -0.4 is 5.73 Å². The topological polar surface area (TPSA) is 52.0 Å². The number of nitrogens with two attached hydrogens (primary N) is 1. The molecule has 0 aliphatic rings. The molecule has 0 amide bonds. The van der Waals surface area contributed by atoms with Gasteiger partial charge in [0.15, 0.2) is 0 Å². The Morgan fingerprint density at radius 2 is 1.46 bits per heavy atom. The molecule has 0 aliphatic carbocycles. The molecule has 2 aromatic heterocycles. The van der Waals surface area contributed by atoms with Gasteiger partial charge in [-0.1, -0.05) is 60.7 Å². The molecule has 0 saturated carbocycles. The van der Waals surface area contributed by atoms with Gasteiger partial charge in [0.1, 0.15) is 17.0 Å². The fraction of sp³-hybridized carbons (Fsp3) is 0. The molecule has 0 unspecified atom stereocenters. The number of fused-ring (bicyclic) bond motifs is 3. The van der Waals surface area contributed by atoms with E-state index < -0.39 is 0 Å². The largest absolute Gasteiger partial charge is 0.455 e. The number of hydrogen-bond acceptors (Lipinski definition) is 3. The van der Waals surface area contributed by atoms with E-state index in [-0.39, 0.29) is 0 Å². The van der Waals surface area contributed by atoms with E-state index in [0.29, 0.717) is 5.82 Å². The first kappa shape index (κ1) is 14.7. The molecule has 5 rings (SSSR count). The molecule has 26 heavy (non-hydrogen) atoms. The minimum Gasteiger partial charge on any atom is -0.455 e. The highest BCUT2D eigenvalue weighted by Gasteiger charge is 2.14. The van der Waals surface area contributed by atoms with Crippen molar-refractivity contribution in [3.8, 4) is 22.4 Å². The van der Waals surface area contributed by atoms with Crippen molar-refractivity contribution in [2.75, 3.05) is 5.73 Å². The summed E-state index contributed by atoms with van der Waals surface area (Å²) in [5, 5.41) is 2.19. The number of hydrogen-bond donors (Lipinski definition) is 1. The van der Waals surface area contributed by atoms with Gasteiger partial charge in [-0.05, 0) is 35.4 Å². The van der Waals surface area contributed by atoms with Gasteiger partial charge in [0.05, 0.1) is 5.69 Å². The van der Waals surface area contributed by atoms with E-state index in [1.807, 2.05) is 54.6 Å². The summed E-state index contributed by atoms with van der Waals surface area (Å²) in [6, 6.07) is 28.4.